The van der Waals surface area contributed by atoms with E-state index in [0.29, 0.717) is 6.54 Å². The Hall–Kier alpha value is -1.06. The maximum absolute atomic E-state index is 5.81. The molecule has 0 spiro atoms. The van der Waals surface area contributed by atoms with E-state index in [2.05, 4.69) is 11.9 Å². The topological polar surface area (TPSA) is 38.5 Å². The Bertz CT molecular complexity index is 402. The van der Waals surface area contributed by atoms with Gasteiger partial charge in [-0.25, -0.2) is 0 Å². The van der Waals surface area contributed by atoms with Gasteiger partial charge in [-0.15, -0.1) is 0 Å². The first-order valence-corrected chi connectivity index (χ1v) is 8.38. The molecule has 0 aromatic heterocycles. The van der Waals surface area contributed by atoms with Crippen molar-refractivity contribution in [2.24, 2.45) is 11.7 Å². The fraction of sp³-hybridized carbons (Fsp3) is 0.667. The zero-order chi connectivity index (χ0) is 14.9. The average Bonchev–Trinajstić information content (AvgIpc) is 2.53. The number of rotatable bonds is 8. The Kier molecular flexibility index (Phi) is 7.04. The molecule has 1 aromatic rings. The molecular weight excluding hydrogens is 260 g/mol. The van der Waals surface area contributed by atoms with Crippen LogP contribution in [-0.4, -0.2) is 31.6 Å². The summed E-state index contributed by atoms with van der Waals surface area (Å²) in [5, 5.41) is 0. The highest BCUT2D eigenvalue weighted by Gasteiger charge is 2.14. The van der Waals surface area contributed by atoms with Crippen molar-refractivity contribution < 1.29 is 4.74 Å². The number of hydrogen-bond donors (Lipinski definition) is 1. The van der Waals surface area contributed by atoms with Gasteiger partial charge in [-0.1, -0.05) is 31.4 Å². The Balaban J connectivity index is 1.60. The predicted molar refractivity (Wildman–Crippen MR) is 88.5 cm³/mol. The molecule has 1 saturated carbocycles. The molecule has 0 amide bonds. The van der Waals surface area contributed by atoms with Crippen molar-refractivity contribution in [1.82, 2.24) is 4.90 Å². The maximum atomic E-state index is 5.81. The van der Waals surface area contributed by atoms with Gasteiger partial charge < -0.3 is 15.4 Å². The molecule has 118 valence electrons. The third kappa shape index (κ3) is 6.06. The molecule has 2 N–H and O–H groups in total. The molecule has 3 heteroatoms. The predicted octanol–water partition coefficient (Wildman–Crippen LogP) is 3.43. The lowest BCUT2D eigenvalue weighted by molar-refractivity contribution is 0.214. The van der Waals surface area contributed by atoms with Crippen LogP contribution in [0.3, 0.4) is 0 Å². The minimum Gasteiger partial charge on any atom is -0.494 e. The van der Waals surface area contributed by atoms with Crippen molar-refractivity contribution in [3.63, 3.8) is 0 Å². The van der Waals surface area contributed by atoms with Crippen LogP contribution in [0.4, 0.5) is 0 Å². The Labute approximate surface area is 129 Å². The van der Waals surface area contributed by atoms with Crippen LogP contribution >= 0.6 is 0 Å². The second-order valence-corrected chi connectivity index (χ2v) is 6.32. The lowest BCUT2D eigenvalue weighted by Gasteiger charge is -2.26. The summed E-state index contributed by atoms with van der Waals surface area (Å²) >= 11 is 0. The summed E-state index contributed by atoms with van der Waals surface area (Å²) in [7, 11) is 2.24. The van der Waals surface area contributed by atoms with Gasteiger partial charge in [0.05, 0.1) is 6.61 Å². The third-order valence-corrected chi connectivity index (χ3v) is 4.38. The van der Waals surface area contributed by atoms with Crippen molar-refractivity contribution in [1.29, 1.82) is 0 Å². The van der Waals surface area contributed by atoms with E-state index in [1.165, 1.54) is 38.6 Å². The SMILES string of the molecule is CN(CCCOc1cccc(CN)c1)CC1CCCCC1. The Morgan fingerprint density at radius 2 is 2.05 bits per heavy atom. The molecule has 0 saturated heterocycles. The normalized spacial score (nSPS) is 16.3. The summed E-state index contributed by atoms with van der Waals surface area (Å²) in [5.74, 6) is 1.86. The fourth-order valence-corrected chi connectivity index (χ4v) is 3.19. The Morgan fingerprint density at radius 3 is 2.81 bits per heavy atom. The van der Waals surface area contributed by atoms with Gasteiger partial charge in [-0.05, 0) is 49.9 Å². The van der Waals surface area contributed by atoms with Crippen LogP contribution < -0.4 is 10.5 Å². The number of benzene rings is 1. The first kappa shape index (κ1) is 16.3. The molecular formula is C18H30N2O. The minimum absolute atomic E-state index is 0.571. The lowest BCUT2D eigenvalue weighted by Crippen LogP contribution is -2.28. The van der Waals surface area contributed by atoms with Crippen molar-refractivity contribution in [2.45, 2.75) is 45.1 Å². The largest absolute Gasteiger partial charge is 0.494 e. The van der Waals surface area contributed by atoms with E-state index in [1.807, 2.05) is 24.3 Å². The van der Waals surface area contributed by atoms with E-state index in [0.717, 1.165) is 36.8 Å². The summed E-state index contributed by atoms with van der Waals surface area (Å²) in [6.07, 6.45) is 8.23. The molecule has 0 atom stereocenters. The highest BCUT2D eigenvalue weighted by molar-refractivity contribution is 5.28. The summed E-state index contributed by atoms with van der Waals surface area (Å²) < 4.78 is 5.81. The first-order chi connectivity index (χ1) is 10.3. The van der Waals surface area contributed by atoms with Gasteiger partial charge in [0.1, 0.15) is 5.75 Å². The standard InChI is InChI=1S/C18H30N2O/c1-20(15-16-7-3-2-4-8-16)11-6-12-21-18-10-5-9-17(13-18)14-19/h5,9-10,13,16H,2-4,6-8,11-12,14-15,19H2,1H3. The fourth-order valence-electron chi connectivity index (χ4n) is 3.19. The number of nitrogens with two attached hydrogens (primary N) is 1. The van der Waals surface area contributed by atoms with E-state index >= 15 is 0 Å². The minimum atomic E-state index is 0.571. The molecule has 0 aliphatic heterocycles. The van der Waals surface area contributed by atoms with Crippen molar-refractivity contribution in [3.05, 3.63) is 29.8 Å². The molecule has 0 radical (unpaired) electrons. The molecule has 1 aliphatic carbocycles. The summed E-state index contributed by atoms with van der Waals surface area (Å²) in [4.78, 5) is 2.47. The van der Waals surface area contributed by atoms with E-state index < -0.39 is 0 Å². The third-order valence-electron chi connectivity index (χ3n) is 4.38. The molecule has 1 fully saturated rings. The highest BCUT2D eigenvalue weighted by atomic mass is 16.5. The van der Waals surface area contributed by atoms with Crippen LogP contribution in [0.1, 0.15) is 44.1 Å². The molecule has 2 rings (SSSR count). The molecule has 0 bridgehead atoms. The van der Waals surface area contributed by atoms with Gasteiger partial charge in [0, 0.05) is 19.6 Å². The van der Waals surface area contributed by atoms with Gasteiger partial charge in [-0.3, -0.25) is 0 Å². The molecule has 0 unspecified atom stereocenters. The van der Waals surface area contributed by atoms with Crippen LogP contribution in [0, 0.1) is 5.92 Å². The quantitative estimate of drug-likeness (QED) is 0.746. The Morgan fingerprint density at radius 1 is 1.24 bits per heavy atom. The van der Waals surface area contributed by atoms with E-state index in [1.54, 1.807) is 0 Å². The number of hydrogen-bond acceptors (Lipinski definition) is 3. The summed E-state index contributed by atoms with van der Waals surface area (Å²) in [6.45, 7) is 3.72. The van der Waals surface area contributed by atoms with E-state index in [4.69, 9.17) is 10.5 Å². The average molecular weight is 290 g/mol. The van der Waals surface area contributed by atoms with Crippen LogP contribution in [0.2, 0.25) is 0 Å². The summed E-state index contributed by atoms with van der Waals surface area (Å²) in [6, 6.07) is 8.08. The smallest absolute Gasteiger partial charge is 0.119 e. The van der Waals surface area contributed by atoms with Gasteiger partial charge in [0.25, 0.3) is 0 Å². The molecule has 0 heterocycles. The first-order valence-electron chi connectivity index (χ1n) is 8.38. The van der Waals surface area contributed by atoms with E-state index in [9.17, 15) is 0 Å². The van der Waals surface area contributed by atoms with Gasteiger partial charge >= 0.3 is 0 Å². The van der Waals surface area contributed by atoms with Gasteiger partial charge in [0.15, 0.2) is 0 Å². The van der Waals surface area contributed by atoms with E-state index in [-0.39, 0.29) is 0 Å². The monoisotopic (exact) mass is 290 g/mol. The van der Waals surface area contributed by atoms with Crippen LogP contribution in [0.15, 0.2) is 24.3 Å². The molecule has 1 aliphatic rings. The van der Waals surface area contributed by atoms with Crippen molar-refractivity contribution in [2.75, 3.05) is 26.7 Å². The number of ether oxygens (including phenoxy) is 1. The lowest BCUT2D eigenvalue weighted by atomic mass is 9.89. The van der Waals surface area contributed by atoms with Crippen molar-refractivity contribution in [3.8, 4) is 5.75 Å². The van der Waals surface area contributed by atoms with Crippen LogP contribution in [-0.2, 0) is 6.54 Å². The molecule has 21 heavy (non-hydrogen) atoms. The molecule has 1 aromatic carbocycles. The van der Waals surface area contributed by atoms with Crippen LogP contribution in [0.5, 0.6) is 5.75 Å². The van der Waals surface area contributed by atoms with Crippen molar-refractivity contribution >= 4 is 0 Å². The second-order valence-electron chi connectivity index (χ2n) is 6.32. The maximum Gasteiger partial charge on any atom is 0.119 e. The second kappa shape index (κ2) is 9.06. The number of nitrogens with zero attached hydrogens (tertiary/aromatic N) is 1. The zero-order valence-electron chi connectivity index (χ0n) is 13.4. The van der Waals surface area contributed by atoms with Gasteiger partial charge in [0.2, 0.25) is 0 Å². The summed E-state index contributed by atoms with van der Waals surface area (Å²) in [5.41, 5.74) is 6.77. The highest BCUT2D eigenvalue weighted by Crippen LogP contribution is 2.24. The molecule has 3 nitrogen and oxygen atoms in total. The van der Waals surface area contributed by atoms with Crippen LogP contribution in [0.25, 0.3) is 0 Å². The van der Waals surface area contributed by atoms with Gasteiger partial charge in [-0.2, -0.15) is 0 Å². The zero-order valence-corrected chi connectivity index (χ0v) is 13.4.